The van der Waals surface area contributed by atoms with E-state index in [0.29, 0.717) is 18.4 Å². The average molecular weight is 465 g/mol. The molecule has 2 aromatic rings. The van der Waals surface area contributed by atoms with E-state index in [2.05, 4.69) is 4.98 Å². The third-order valence-corrected chi connectivity index (χ3v) is 6.32. The lowest BCUT2D eigenvalue weighted by Crippen LogP contribution is -2.44. The topological polar surface area (TPSA) is 120 Å². The summed E-state index contributed by atoms with van der Waals surface area (Å²) in [6, 6.07) is 9.71. The van der Waals surface area contributed by atoms with Gasteiger partial charge in [-0.3, -0.25) is 14.3 Å². The van der Waals surface area contributed by atoms with Gasteiger partial charge in [0.05, 0.1) is 18.3 Å². The number of carbonyl (C=O) groups excluding carboxylic acids is 1. The van der Waals surface area contributed by atoms with Crippen molar-refractivity contribution in [3.8, 4) is 0 Å². The highest BCUT2D eigenvalue weighted by molar-refractivity contribution is 6.18. The molecule has 1 spiro atoms. The van der Waals surface area contributed by atoms with Gasteiger partial charge in [-0.1, -0.05) is 18.2 Å². The predicted molar refractivity (Wildman–Crippen MR) is 114 cm³/mol. The molecule has 1 saturated heterocycles. The van der Waals surface area contributed by atoms with Crippen LogP contribution in [0, 0.1) is 5.92 Å². The highest BCUT2D eigenvalue weighted by Gasteiger charge is 2.54. The number of nitrogens with one attached hydrogen (secondary N) is 1. The van der Waals surface area contributed by atoms with Crippen LogP contribution in [0.4, 0.5) is 0 Å². The third kappa shape index (κ3) is 4.66. The molecule has 2 N–H and O–H groups in total. The Morgan fingerprint density at radius 1 is 1.19 bits per heavy atom. The first-order valence-electron chi connectivity index (χ1n) is 10.6. The van der Waals surface area contributed by atoms with Crippen molar-refractivity contribution in [2.45, 2.75) is 49.9 Å². The highest BCUT2D eigenvalue weighted by atomic mass is 35.5. The summed E-state index contributed by atoms with van der Waals surface area (Å²) in [4.78, 5) is 38.1. The summed E-state index contributed by atoms with van der Waals surface area (Å²) in [5.41, 5.74) is -0.928. The Morgan fingerprint density at radius 3 is 2.53 bits per heavy atom. The number of rotatable bonds is 7. The van der Waals surface area contributed by atoms with E-state index in [0.717, 1.165) is 23.5 Å². The van der Waals surface area contributed by atoms with E-state index in [4.69, 9.17) is 25.8 Å². The van der Waals surface area contributed by atoms with Crippen LogP contribution in [-0.2, 0) is 14.2 Å². The van der Waals surface area contributed by atoms with Gasteiger partial charge in [0.1, 0.15) is 6.10 Å². The molecule has 0 radical (unpaired) electrons. The van der Waals surface area contributed by atoms with Gasteiger partial charge in [-0.2, -0.15) is 0 Å². The molecule has 1 aliphatic carbocycles. The van der Waals surface area contributed by atoms with E-state index >= 15 is 0 Å². The number of benzene rings is 1. The monoisotopic (exact) mass is 464 g/mol. The Balaban J connectivity index is 1.55. The Kier molecular flexibility index (Phi) is 6.80. The maximum atomic E-state index is 12.4. The molecule has 1 aromatic heterocycles. The first-order valence-corrected chi connectivity index (χ1v) is 11.1. The van der Waals surface area contributed by atoms with E-state index in [1.165, 1.54) is 6.20 Å². The van der Waals surface area contributed by atoms with E-state index in [9.17, 15) is 19.5 Å². The number of H-pyrrole nitrogens is 1. The molecular weight excluding hydrogens is 440 g/mol. The number of aliphatic hydroxyl groups excluding tert-OH is 1. The summed E-state index contributed by atoms with van der Waals surface area (Å²) in [6.45, 7) is -0.0505. The number of carbonyl (C=O) groups is 1. The zero-order chi connectivity index (χ0) is 22.7. The molecule has 1 saturated carbocycles. The molecule has 2 heterocycles. The number of halogens is 1. The first kappa shape index (κ1) is 22.7. The maximum Gasteiger partial charge on any atom is 0.338 e. The number of aromatic amines is 1. The predicted octanol–water partition coefficient (Wildman–Crippen LogP) is 1.79. The van der Waals surface area contributed by atoms with E-state index < -0.39 is 47.4 Å². The van der Waals surface area contributed by atoms with Crippen LogP contribution in [0.15, 0.2) is 52.2 Å². The average Bonchev–Trinajstić information content (AvgIpc) is 3.41. The fourth-order valence-electron chi connectivity index (χ4n) is 4.26. The molecule has 1 aliphatic heterocycles. The van der Waals surface area contributed by atoms with Crippen LogP contribution in [0.3, 0.4) is 0 Å². The van der Waals surface area contributed by atoms with E-state index in [-0.39, 0.29) is 12.5 Å². The summed E-state index contributed by atoms with van der Waals surface area (Å²) in [7, 11) is 0. The van der Waals surface area contributed by atoms with Gasteiger partial charge in [-0.25, -0.2) is 9.59 Å². The van der Waals surface area contributed by atoms with E-state index in [1.54, 1.807) is 30.3 Å². The normalized spacial score (nSPS) is 23.8. The molecule has 4 atom stereocenters. The van der Waals surface area contributed by atoms with Crippen molar-refractivity contribution in [1.82, 2.24) is 9.55 Å². The summed E-state index contributed by atoms with van der Waals surface area (Å²) in [5.74, 6) is -1.79. The van der Waals surface area contributed by atoms with Gasteiger partial charge in [0.25, 0.3) is 5.56 Å². The summed E-state index contributed by atoms with van der Waals surface area (Å²) >= 11 is 6.22. The highest BCUT2D eigenvalue weighted by Crippen LogP contribution is 2.45. The van der Waals surface area contributed by atoms with Crippen molar-refractivity contribution >= 4 is 17.6 Å². The number of alkyl halides is 1. The molecular formula is C22H25ClN2O7. The minimum atomic E-state index is -1.43. The Labute approximate surface area is 188 Å². The minimum absolute atomic E-state index is 0.0505. The van der Waals surface area contributed by atoms with Crippen molar-refractivity contribution in [2.24, 2.45) is 5.92 Å². The smallest absolute Gasteiger partial charge is 0.338 e. The molecule has 9 nitrogen and oxygen atoms in total. The van der Waals surface area contributed by atoms with Crippen molar-refractivity contribution in [3.05, 3.63) is 69.0 Å². The second-order valence-electron chi connectivity index (χ2n) is 8.09. The molecule has 10 heteroatoms. The van der Waals surface area contributed by atoms with Crippen molar-refractivity contribution < 1.29 is 24.1 Å². The van der Waals surface area contributed by atoms with Gasteiger partial charge in [0.15, 0.2) is 12.0 Å². The second-order valence-corrected chi connectivity index (χ2v) is 8.40. The number of hydrogen-bond acceptors (Lipinski definition) is 7. The van der Waals surface area contributed by atoms with Gasteiger partial charge in [0.2, 0.25) is 0 Å². The molecule has 0 bridgehead atoms. The largest absolute Gasteiger partial charge is 0.462 e. The lowest BCUT2D eigenvalue weighted by molar-refractivity contribution is -0.184. The van der Waals surface area contributed by atoms with Crippen LogP contribution in [-0.4, -0.2) is 51.1 Å². The fraction of sp³-hybridized carbons (Fsp3) is 0.500. The number of nitrogens with zero attached hydrogens (tertiary/aromatic N) is 1. The molecule has 172 valence electrons. The first-order chi connectivity index (χ1) is 15.4. The van der Waals surface area contributed by atoms with Gasteiger partial charge in [-0.05, 0) is 25.0 Å². The lowest BCUT2D eigenvalue weighted by Gasteiger charge is -2.28. The van der Waals surface area contributed by atoms with Crippen LogP contribution < -0.4 is 11.2 Å². The van der Waals surface area contributed by atoms with Crippen LogP contribution in [0.1, 0.15) is 42.3 Å². The number of hydrogen-bond donors (Lipinski definition) is 2. The zero-order valence-electron chi connectivity index (χ0n) is 17.3. The Bertz CT molecular complexity index is 1050. The number of ether oxygens (including phenoxy) is 3. The van der Waals surface area contributed by atoms with Gasteiger partial charge >= 0.3 is 11.7 Å². The standard InChI is InChI=1S/C22H25ClN2O7/c23-12-15(13-30-20(28)14-6-2-1-3-7-14)17-18(32-22(31-17)9-4-5-10-22)19(27)25-11-8-16(26)24-21(25)29/h1-3,6-8,11,15,17-19,27H,4-5,9-10,12-13H2,(H,24,26,29)/t15-,17+,18+,19+/m0/s1. The molecule has 0 amide bonds. The molecule has 0 unspecified atom stereocenters. The van der Waals surface area contributed by atoms with Crippen LogP contribution in [0.25, 0.3) is 0 Å². The summed E-state index contributed by atoms with van der Waals surface area (Å²) in [6.07, 6.45) is 1.19. The van der Waals surface area contributed by atoms with Crippen LogP contribution in [0.5, 0.6) is 0 Å². The van der Waals surface area contributed by atoms with Crippen molar-refractivity contribution in [3.63, 3.8) is 0 Å². The van der Waals surface area contributed by atoms with Gasteiger partial charge < -0.3 is 19.3 Å². The SMILES string of the molecule is O=C(OC[C@H](CCl)[C@H]1OC2(CCCC2)O[C@H]1[C@@H](O)n1ccc(=O)[nH]c1=O)c1ccccc1. The summed E-state index contributed by atoms with van der Waals surface area (Å²) < 4.78 is 18.9. The molecule has 1 aromatic carbocycles. The van der Waals surface area contributed by atoms with Crippen molar-refractivity contribution in [2.75, 3.05) is 12.5 Å². The number of esters is 1. The molecule has 2 fully saturated rings. The van der Waals surface area contributed by atoms with Gasteiger partial charge in [-0.15, -0.1) is 11.6 Å². The maximum absolute atomic E-state index is 12.4. The fourth-order valence-corrected chi connectivity index (χ4v) is 4.53. The van der Waals surface area contributed by atoms with Crippen molar-refractivity contribution in [1.29, 1.82) is 0 Å². The van der Waals surface area contributed by atoms with E-state index in [1.807, 2.05) is 0 Å². The third-order valence-electron chi connectivity index (χ3n) is 5.92. The molecule has 2 aliphatic rings. The quantitative estimate of drug-likeness (QED) is 0.473. The Hall–Kier alpha value is -2.46. The van der Waals surface area contributed by atoms with Crippen LogP contribution >= 0.6 is 11.6 Å². The Morgan fingerprint density at radius 2 is 1.88 bits per heavy atom. The molecule has 32 heavy (non-hydrogen) atoms. The van der Waals surface area contributed by atoms with Crippen LogP contribution in [0.2, 0.25) is 0 Å². The lowest BCUT2D eigenvalue weighted by atomic mass is 9.99. The number of aromatic nitrogens is 2. The summed E-state index contributed by atoms with van der Waals surface area (Å²) in [5, 5.41) is 11.0. The minimum Gasteiger partial charge on any atom is -0.462 e. The molecule has 4 rings (SSSR count). The number of aliphatic hydroxyl groups is 1. The second kappa shape index (κ2) is 9.58. The zero-order valence-corrected chi connectivity index (χ0v) is 18.1. The van der Waals surface area contributed by atoms with Gasteiger partial charge in [0, 0.05) is 36.9 Å².